The van der Waals surface area contributed by atoms with Crippen LogP contribution in [0.15, 0.2) is 30.4 Å². The van der Waals surface area contributed by atoms with E-state index in [1.165, 1.54) is 18.2 Å². The lowest BCUT2D eigenvalue weighted by molar-refractivity contribution is -0.131. The molecule has 6 nitrogen and oxygen atoms in total. The first-order chi connectivity index (χ1) is 8.88. The molecule has 1 rings (SSSR count). The van der Waals surface area contributed by atoms with Crippen LogP contribution < -0.4 is 10.6 Å². The van der Waals surface area contributed by atoms with Crippen molar-refractivity contribution >= 4 is 46.8 Å². The summed E-state index contributed by atoms with van der Waals surface area (Å²) >= 11 is 11.5. The maximum Gasteiger partial charge on any atom is 0.328 e. The average molecular weight is 303 g/mol. The van der Waals surface area contributed by atoms with Gasteiger partial charge in [0.1, 0.15) is 0 Å². The quantitative estimate of drug-likeness (QED) is 0.746. The molecule has 0 heterocycles. The monoisotopic (exact) mass is 302 g/mol. The summed E-state index contributed by atoms with van der Waals surface area (Å²) in [5, 5.41) is 13.1. The van der Waals surface area contributed by atoms with Crippen LogP contribution in [0.1, 0.15) is 0 Å². The third-order valence-electron chi connectivity index (χ3n) is 1.79. The second-order valence-corrected chi connectivity index (χ2v) is 4.08. The van der Waals surface area contributed by atoms with E-state index in [9.17, 15) is 14.4 Å². The maximum absolute atomic E-state index is 11.4. The molecule has 0 fully saturated rings. The second-order valence-electron chi connectivity index (χ2n) is 3.24. The van der Waals surface area contributed by atoms with Crippen molar-refractivity contribution < 1.29 is 19.5 Å². The van der Waals surface area contributed by atoms with E-state index >= 15 is 0 Å². The number of carboxylic acid groups (broad SMARTS) is 1. The Kier molecular flexibility index (Phi) is 5.35. The summed E-state index contributed by atoms with van der Waals surface area (Å²) in [4.78, 5) is 32.7. The first kappa shape index (κ1) is 15.0. The molecule has 0 radical (unpaired) electrons. The number of imide groups is 1. The van der Waals surface area contributed by atoms with Crippen LogP contribution >= 0.6 is 23.2 Å². The number of anilines is 1. The number of nitrogens with one attached hydrogen (secondary N) is 2. The Balaban J connectivity index is 2.60. The van der Waals surface area contributed by atoms with E-state index in [-0.39, 0.29) is 10.7 Å². The molecule has 1 aromatic carbocycles. The molecule has 1 aromatic rings. The zero-order chi connectivity index (χ0) is 14.4. The van der Waals surface area contributed by atoms with Crippen LogP contribution in [0, 0.1) is 0 Å². The smallest absolute Gasteiger partial charge is 0.328 e. The molecule has 3 N–H and O–H groups in total. The number of urea groups is 1. The molecule has 0 unspecified atom stereocenters. The van der Waals surface area contributed by atoms with Crippen molar-refractivity contribution in [1.82, 2.24) is 5.32 Å². The van der Waals surface area contributed by atoms with Gasteiger partial charge < -0.3 is 10.4 Å². The van der Waals surface area contributed by atoms with E-state index in [0.29, 0.717) is 17.2 Å². The van der Waals surface area contributed by atoms with Gasteiger partial charge in [-0.25, -0.2) is 9.59 Å². The van der Waals surface area contributed by atoms with Crippen molar-refractivity contribution in [3.8, 4) is 0 Å². The summed E-state index contributed by atoms with van der Waals surface area (Å²) in [5.74, 6) is -2.17. The van der Waals surface area contributed by atoms with Gasteiger partial charge in [0.05, 0.1) is 10.7 Å². The van der Waals surface area contributed by atoms with E-state index in [1.54, 1.807) is 0 Å². The van der Waals surface area contributed by atoms with Crippen LogP contribution in [-0.2, 0) is 9.59 Å². The van der Waals surface area contributed by atoms with Gasteiger partial charge >= 0.3 is 12.0 Å². The number of hydrogen-bond donors (Lipinski definition) is 3. The van der Waals surface area contributed by atoms with Gasteiger partial charge in [0, 0.05) is 17.2 Å². The lowest BCUT2D eigenvalue weighted by atomic mass is 10.3. The lowest BCUT2D eigenvalue weighted by Gasteiger charge is -2.07. The zero-order valence-electron chi connectivity index (χ0n) is 9.31. The van der Waals surface area contributed by atoms with Crippen molar-refractivity contribution in [1.29, 1.82) is 0 Å². The molecule has 0 aromatic heterocycles. The van der Waals surface area contributed by atoms with E-state index < -0.39 is 17.9 Å². The van der Waals surface area contributed by atoms with Crippen LogP contribution in [0.4, 0.5) is 10.5 Å². The third-order valence-corrected chi connectivity index (χ3v) is 2.34. The summed E-state index contributed by atoms with van der Waals surface area (Å²) in [7, 11) is 0. The fraction of sp³-hybridized carbons (Fsp3) is 0. The highest BCUT2D eigenvalue weighted by Gasteiger charge is 2.08. The number of carbonyl (C=O) groups excluding carboxylic acids is 2. The normalized spacial score (nSPS) is 10.2. The topological polar surface area (TPSA) is 95.5 Å². The predicted octanol–water partition coefficient (Wildman–Crippen LogP) is 2.28. The molecule has 100 valence electrons. The molecule has 0 aliphatic heterocycles. The minimum absolute atomic E-state index is 0.205. The predicted molar refractivity (Wildman–Crippen MR) is 70.4 cm³/mol. The summed E-state index contributed by atoms with van der Waals surface area (Å²) in [6, 6.07) is 3.55. The van der Waals surface area contributed by atoms with Crippen molar-refractivity contribution in [3.05, 3.63) is 40.4 Å². The summed E-state index contributed by atoms with van der Waals surface area (Å²) in [6.45, 7) is 0. The van der Waals surface area contributed by atoms with Crippen molar-refractivity contribution in [3.63, 3.8) is 0 Å². The molecule has 0 saturated heterocycles. The molecule has 8 heteroatoms. The SMILES string of the molecule is O=C(O)/C=C/C(=O)NC(=O)Nc1ccc(Cl)cc1Cl. The van der Waals surface area contributed by atoms with E-state index in [1.807, 2.05) is 5.32 Å². The Hall–Kier alpha value is -2.05. The van der Waals surface area contributed by atoms with E-state index in [2.05, 4.69) is 5.32 Å². The van der Waals surface area contributed by atoms with Gasteiger partial charge in [-0.3, -0.25) is 10.1 Å². The number of halogens is 2. The third kappa shape index (κ3) is 5.41. The molecule has 3 amide bonds. The number of aliphatic carboxylic acids is 1. The van der Waals surface area contributed by atoms with Gasteiger partial charge in [0.2, 0.25) is 0 Å². The molecule has 0 aliphatic rings. The number of carbonyl (C=O) groups is 3. The Morgan fingerprint density at radius 1 is 1.16 bits per heavy atom. The van der Waals surface area contributed by atoms with Gasteiger partial charge in [0.15, 0.2) is 0 Å². The fourth-order valence-corrected chi connectivity index (χ4v) is 1.50. The molecule has 0 bridgehead atoms. The highest BCUT2D eigenvalue weighted by molar-refractivity contribution is 6.36. The Labute approximate surface area is 118 Å². The highest BCUT2D eigenvalue weighted by Crippen LogP contribution is 2.25. The summed E-state index contributed by atoms with van der Waals surface area (Å²) < 4.78 is 0. The molecular formula is C11H8Cl2N2O4. The van der Waals surface area contributed by atoms with Gasteiger partial charge in [-0.2, -0.15) is 0 Å². The molecule has 0 spiro atoms. The molecule has 19 heavy (non-hydrogen) atoms. The Bertz CT molecular complexity index is 558. The zero-order valence-corrected chi connectivity index (χ0v) is 10.8. The van der Waals surface area contributed by atoms with Crippen molar-refractivity contribution in [2.75, 3.05) is 5.32 Å². The number of hydrogen-bond acceptors (Lipinski definition) is 3. The number of carboxylic acids is 1. The van der Waals surface area contributed by atoms with Crippen molar-refractivity contribution in [2.24, 2.45) is 0 Å². The van der Waals surface area contributed by atoms with Crippen LogP contribution in [0.3, 0.4) is 0 Å². The lowest BCUT2D eigenvalue weighted by Crippen LogP contribution is -2.33. The van der Waals surface area contributed by atoms with Crippen molar-refractivity contribution in [2.45, 2.75) is 0 Å². The standard InChI is InChI=1S/C11H8Cl2N2O4/c12-6-1-2-8(7(13)5-6)14-11(19)15-9(16)3-4-10(17)18/h1-5H,(H,17,18)(H2,14,15,16,19)/b4-3+. The molecule has 0 aliphatic carbocycles. The first-order valence-corrected chi connectivity index (χ1v) is 5.62. The Morgan fingerprint density at radius 3 is 2.42 bits per heavy atom. The molecular weight excluding hydrogens is 295 g/mol. The summed E-state index contributed by atoms with van der Waals surface area (Å²) in [5.41, 5.74) is 0.263. The first-order valence-electron chi connectivity index (χ1n) is 4.86. The maximum atomic E-state index is 11.4. The minimum atomic E-state index is -1.30. The second kappa shape index (κ2) is 6.77. The molecule has 0 saturated carbocycles. The average Bonchev–Trinajstić information content (AvgIpc) is 2.30. The highest BCUT2D eigenvalue weighted by atomic mass is 35.5. The van der Waals surface area contributed by atoms with Crippen LogP contribution in [-0.4, -0.2) is 23.0 Å². The number of benzene rings is 1. The van der Waals surface area contributed by atoms with Crippen LogP contribution in [0.5, 0.6) is 0 Å². The van der Waals surface area contributed by atoms with Gasteiger partial charge in [0.25, 0.3) is 5.91 Å². The Morgan fingerprint density at radius 2 is 1.84 bits per heavy atom. The van der Waals surface area contributed by atoms with E-state index in [0.717, 1.165) is 0 Å². The number of amides is 3. The largest absolute Gasteiger partial charge is 0.478 e. The van der Waals surface area contributed by atoms with Gasteiger partial charge in [-0.15, -0.1) is 0 Å². The van der Waals surface area contributed by atoms with E-state index in [4.69, 9.17) is 28.3 Å². The fourth-order valence-electron chi connectivity index (χ4n) is 1.04. The van der Waals surface area contributed by atoms with Gasteiger partial charge in [-0.1, -0.05) is 23.2 Å². The number of rotatable bonds is 3. The molecule has 0 atom stereocenters. The van der Waals surface area contributed by atoms with Crippen LogP contribution in [0.25, 0.3) is 0 Å². The van der Waals surface area contributed by atoms with Crippen LogP contribution in [0.2, 0.25) is 10.0 Å². The van der Waals surface area contributed by atoms with Gasteiger partial charge in [-0.05, 0) is 18.2 Å². The summed E-state index contributed by atoms with van der Waals surface area (Å²) in [6.07, 6.45) is 1.32. The minimum Gasteiger partial charge on any atom is -0.478 e.